The fraction of sp³-hybridized carbons (Fsp3) is 0.667. The Hall–Kier alpha value is -0.910. The Balaban J connectivity index is 2.58. The van der Waals surface area contributed by atoms with Gasteiger partial charge in [0.25, 0.3) is 0 Å². The number of aromatic nitrogens is 2. The van der Waals surface area contributed by atoms with Crippen LogP contribution in [0.1, 0.15) is 26.7 Å². The average Bonchev–Trinajstić information content (AvgIpc) is 2.64. The van der Waals surface area contributed by atoms with E-state index in [0.29, 0.717) is 12.3 Å². The summed E-state index contributed by atoms with van der Waals surface area (Å²) in [7, 11) is 0. The van der Waals surface area contributed by atoms with Crippen LogP contribution in [0.15, 0.2) is 4.42 Å². The average molecular weight is 276 g/mol. The van der Waals surface area contributed by atoms with Crippen LogP contribution in [-0.4, -0.2) is 20.9 Å². The van der Waals surface area contributed by atoms with E-state index in [-0.39, 0.29) is 22.7 Å². The SMILES string of the molecule is CCc1nnc(NC(=O)C(Br)C(C)C)o1. The number of aryl methyl sites for hydroxylation is 1. The molecule has 0 spiro atoms. The summed E-state index contributed by atoms with van der Waals surface area (Å²) in [5.41, 5.74) is 0. The van der Waals surface area contributed by atoms with E-state index in [0.717, 1.165) is 0 Å². The normalized spacial score (nSPS) is 12.9. The molecule has 0 radical (unpaired) electrons. The highest BCUT2D eigenvalue weighted by Gasteiger charge is 2.20. The first-order valence-electron chi connectivity index (χ1n) is 4.82. The van der Waals surface area contributed by atoms with Crippen LogP contribution in [0.25, 0.3) is 0 Å². The number of halogens is 1. The number of amides is 1. The van der Waals surface area contributed by atoms with Gasteiger partial charge in [0.15, 0.2) is 0 Å². The lowest BCUT2D eigenvalue weighted by Gasteiger charge is -2.11. The molecule has 1 amide bonds. The number of anilines is 1. The monoisotopic (exact) mass is 275 g/mol. The number of nitrogens with zero attached hydrogens (tertiary/aromatic N) is 2. The maximum Gasteiger partial charge on any atom is 0.322 e. The zero-order chi connectivity index (χ0) is 11.4. The van der Waals surface area contributed by atoms with Crippen LogP contribution in [0.5, 0.6) is 0 Å². The third kappa shape index (κ3) is 3.30. The molecule has 0 saturated heterocycles. The second-order valence-electron chi connectivity index (χ2n) is 3.49. The quantitative estimate of drug-likeness (QED) is 0.854. The maximum atomic E-state index is 11.6. The lowest BCUT2D eigenvalue weighted by molar-refractivity contribution is -0.116. The number of carbonyl (C=O) groups is 1. The second-order valence-corrected chi connectivity index (χ2v) is 4.48. The van der Waals surface area contributed by atoms with E-state index < -0.39 is 0 Å². The fourth-order valence-corrected chi connectivity index (χ4v) is 1.04. The number of carbonyl (C=O) groups excluding carboxylic acids is 1. The van der Waals surface area contributed by atoms with Gasteiger partial charge in [-0.25, -0.2) is 0 Å². The van der Waals surface area contributed by atoms with Gasteiger partial charge in [-0.05, 0) is 5.92 Å². The lowest BCUT2D eigenvalue weighted by atomic mass is 10.1. The molecule has 1 rings (SSSR count). The summed E-state index contributed by atoms with van der Waals surface area (Å²) in [6, 6.07) is 0.155. The van der Waals surface area contributed by atoms with Crippen molar-refractivity contribution in [2.75, 3.05) is 5.32 Å². The van der Waals surface area contributed by atoms with Crippen molar-refractivity contribution in [3.8, 4) is 0 Å². The molecule has 0 fully saturated rings. The summed E-state index contributed by atoms with van der Waals surface area (Å²) >= 11 is 3.29. The van der Waals surface area contributed by atoms with Crippen LogP contribution in [0.4, 0.5) is 6.01 Å². The molecule has 6 heteroatoms. The number of hydrogen-bond acceptors (Lipinski definition) is 4. The number of alkyl halides is 1. The molecular weight excluding hydrogens is 262 g/mol. The van der Waals surface area contributed by atoms with Gasteiger partial charge in [0, 0.05) is 6.42 Å². The number of hydrogen-bond donors (Lipinski definition) is 1. The third-order valence-corrected chi connectivity index (χ3v) is 3.31. The molecule has 1 N–H and O–H groups in total. The van der Waals surface area contributed by atoms with E-state index in [9.17, 15) is 4.79 Å². The number of rotatable bonds is 4. The summed E-state index contributed by atoms with van der Waals surface area (Å²) in [5, 5.41) is 10.00. The molecule has 0 aliphatic rings. The van der Waals surface area contributed by atoms with Crippen LogP contribution >= 0.6 is 15.9 Å². The van der Waals surface area contributed by atoms with Gasteiger partial charge in [-0.1, -0.05) is 41.8 Å². The zero-order valence-electron chi connectivity index (χ0n) is 8.95. The van der Waals surface area contributed by atoms with E-state index in [1.807, 2.05) is 20.8 Å². The second kappa shape index (κ2) is 5.25. The molecule has 0 bridgehead atoms. The van der Waals surface area contributed by atoms with Crippen molar-refractivity contribution in [3.05, 3.63) is 5.89 Å². The van der Waals surface area contributed by atoms with Gasteiger partial charge in [-0.3, -0.25) is 10.1 Å². The Morgan fingerprint density at radius 1 is 1.53 bits per heavy atom. The van der Waals surface area contributed by atoms with Crippen LogP contribution in [-0.2, 0) is 11.2 Å². The topological polar surface area (TPSA) is 68.0 Å². The summed E-state index contributed by atoms with van der Waals surface area (Å²) in [6.07, 6.45) is 0.658. The van der Waals surface area contributed by atoms with E-state index in [1.165, 1.54) is 0 Å². The minimum Gasteiger partial charge on any atom is -0.408 e. The van der Waals surface area contributed by atoms with Gasteiger partial charge in [0.1, 0.15) is 0 Å². The Bertz CT molecular complexity index is 338. The first-order chi connectivity index (χ1) is 7.04. The van der Waals surface area contributed by atoms with Gasteiger partial charge in [-0.2, -0.15) is 0 Å². The molecule has 0 aromatic carbocycles. The van der Waals surface area contributed by atoms with Crippen LogP contribution in [0.2, 0.25) is 0 Å². The standard InChI is InChI=1S/C9H14BrN3O2/c1-4-6-12-13-9(15-6)11-8(14)7(10)5(2)3/h5,7H,4H2,1-3H3,(H,11,13,14). The molecule has 1 unspecified atom stereocenters. The van der Waals surface area contributed by atoms with Crippen molar-refractivity contribution >= 4 is 27.9 Å². The molecule has 15 heavy (non-hydrogen) atoms. The Morgan fingerprint density at radius 2 is 2.20 bits per heavy atom. The van der Waals surface area contributed by atoms with Gasteiger partial charge in [0.2, 0.25) is 11.8 Å². The Morgan fingerprint density at radius 3 is 2.67 bits per heavy atom. The van der Waals surface area contributed by atoms with E-state index in [1.54, 1.807) is 0 Å². The molecule has 1 atom stereocenters. The van der Waals surface area contributed by atoms with E-state index in [4.69, 9.17) is 4.42 Å². The van der Waals surface area contributed by atoms with Crippen molar-refractivity contribution in [1.29, 1.82) is 0 Å². The van der Waals surface area contributed by atoms with Gasteiger partial charge in [0.05, 0.1) is 4.83 Å². The molecule has 5 nitrogen and oxygen atoms in total. The first kappa shape index (κ1) is 12.2. The highest BCUT2D eigenvalue weighted by molar-refractivity contribution is 9.10. The van der Waals surface area contributed by atoms with Crippen molar-refractivity contribution in [3.63, 3.8) is 0 Å². The molecule has 1 aromatic heterocycles. The third-order valence-electron chi connectivity index (χ3n) is 1.84. The maximum absolute atomic E-state index is 11.6. The Labute approximate surface area is 96.8 Å². The highest BCUT2D eigenvalue weighted by Crippen LogP contribution is 2.14. The summed E-state index contributed by atoms with van der Waals surface area (Å²) in [5.74, 6) is 0.552. The molecule has 84 valence electrons. The first-order valence-corrected chi connectivity index (χ1v) is 5.73. The van der Waals surface area contributed by atoms with Crippen LogP contribution in [0, 0.1) is 5.92 Å². The van der Waals surface area contributed by atoms with Crippen LogP contribution in [0.3, 0.4) is 0 Å². The molecule has 1 heterocycles. The lowest BCUT2D eigenvalue weighted by Crippen LogP contribution is -2.27. The smallest absolute Gasteiger partial charge is 0.322 e. The van der Waals surface area contributed by atoms with Crippen molar-refractivity contribution in [1.82, 2.24) is 10.2 Å². The molecule has 0 aliphatic heterocycles. The van der Waals surface area contributed by atoms with E-state index >= 15 is 0 Å². The minimum absolute atomic E-state index is 0.155. The molecule has 1 aromatic rings. The summed E-state index contributed by atoms with van der Waals surface area (Å²) in [6.45, 7) is 5.80. The van der Waals surface area contributed by atoms with E-state index in [2.05, 4.69) is 31.4 Å². The molecular formula is C9H14BrN3O2. The Kier molecular flexibility index (Phi) is 4.26. The molecule has 0 saturated carbocycles. The predicted molar refractivity (Wildman–Crippen MR) is 59.9 cm³/mol. The van der Waals surface area contributed by atoms with Gasteiger partial charge >= 0.3 is 6.01 Å². The predicted octanol–water partition coefficient (Wildman–Crippen LogP) is 1.99. The summed E-state index contributed by atoms with van der Waals surface area (Å²) < 4.78 is 5.16. The molecule has 0 aliphatic carbocycles. The van der Waals surface area contributed by atoms with Crippen LogP contribution < -0.4 is 5.32 Å². The number of nitrogens with one attached hydrogen (secondary N) is 1. The van der Waals surface area contributed by atoms with Crippen molar-refractivity contribution in [2.24, 2.45) is 5.92 Å². The van der Waals surface area contributed by atoms with Crippen molar-refractivity contribution < 1.29 is 9.21 Å². The highest BCUT2D eigenvalue weighted by atomic mass is 79.9. The zero-order valence-corrected chi connectivity index (χ0v) is 10.5. The van der Waals surface area contributed by atoms with Crippen molar-refractivity contribution in [2.45, 2.75) is 32.0 Å². The largest absolute Gasteiger partial charge is 0.408 e. The van der Waals surface area contributed by atoms with Gasteiger partial charge < -0.3 is 4.42 Å². The van der Waals surface area contributed by atoms with Gasteiger partial charge in [-0.15, -0.1) is 5.10 Å². The summed E-state index contributed by atoms with van der Waals surface area (Å²) in [4.78, 5) is 11.3. The minimum atomic E-state index is -0.255. The fourth-order valence-electron chi connectivity index (χ4n) is 0.924.